The van der Waals surface area contributed by atoms with Crippen molar-refractivity contribution in [2.75, 3.05) is 0 Å². The number of rotatable bonds is 7. The zero-order valence-corrected chi connectivity index (χ0v) is 18.3. The fraction of sp³-hybridized carbons (Fsp3) is 0.385. The Morgan fingerprint density at radius 1 is 1.06 bits per heavy atom. The number of carbonyl (C=O) groups is 1. The van der Waals surface area contributed by atoms with Gasteiger partial charge in [-0.2, -0.15) is 5.10 Å². The topological polar surface area (TPSA) is 47.4 Å². The molecule has 0 bridgehead atoms. The standard InChI is InChI=1S/C26H28FN3O2/c1-29-26(32-22-15-11-20(27)12-16-22)23(24(28-29)18-7-3-2-4-8-18)17-30(21-13-14-21)25(31)19-9-5-6-10-19/h2-4,7-8,11-12,15-16,19,21H,5-6,9-10,13-14,17H2,1H3. The van der Waals surface area contributed by atoms with Crippen LogP contribution >= 0.6 is 0 Å². The summed E-state index contributed by atoms with van der Waals surface area (Å²) in [4.78, 5) is 15.5. The molecular weight excluding hydrogens is 405 g/mol. The molecule has 5 rings (SSSR count). The van der Waals surface area contributed by atoms with Gasteiger partial charge in [0.05, 0.1) is 12.1 Å². The second kappa shape index (κ2) is 8.77. The summed E-state index contributed by atoms with van der Waals surface area (Å²) in [5.41, 5.74) is 2.69. The van der Waals surface area contributed by atoms with E-state index >= 15 is 0 Å². The highest BCUT2D eigenvalue weighted by atomic mass is 19.1. The Morgan fingerprint density at radius 2 is 1.75 bits per heavy atom. The first-order valence-corrected chi connectivity index (χ1v) is 11.5. The number of hydrogen-bond acceptors (Lipinski definition) is 3. The summed E-state index contributed by atoms with van der Waals surface area (Å²) >= 11 is 0. The van der Waals surface area contributed by atoms with Gasteiger partial charge in [-0.25, -0.2) is 9.07 Å². The van der Waals surface area contributed by atoms with Crippen LogP contribution in [0.15, 0.2) is 54.6 Å². The largest absolute Gasteiger partial charge is 0.439 e. The Bertz CT molecular complexity index is 1080. The fourth-order valence-corrected chi connectivity index (χ4v) is 4.62. The zero-order chi connectivity index (χ0) is 22.1. The molecule has 1 amide bonds. The smallest absolute Gasteiger partial charge is 0.226 e. The van der Waals surface area contributed by atoms with E-state index in [1.165, 1.54) is 12.1 Å². The second-order valence-corrected chi connectivity index (χ2v) is 8.86. The normalized spacial score (nSPS) is 16.3. The summed E-state index contributed by atoms with van der Waals surface area (Å²) in [5.74, 6) is 1.21. The molecule has 2 aromatic carbocycles. The first-order chi connectivity index (χ1) is 15.6. The average molecular weight is 434 g/mol. The molecule has 6 heteroatoms. The maximum absolute atomic E-state index is 13.4. The van der Waals surface area contributed by atoms with Gasteiger partial charge in [-0.05, 0) is 49.9 Å². The van der Waals surface area contributed by atoms with Gasteiger partial charge in [0.1, 0.15) is 17.3 Å². The van der Waals surface area contributed by atoms with Crippen LogP contribution in [0.5, 0.6) is 11.6 Å². The van der Waals surface area contributed by atoms with Crippen LogP contribution < -0.4 is 4.74 Å². The molecule has 2 saturated carbocycles. The minimum absolute atomic E-state index is 0.133. The van der Waals surface area contributed by atoms with Crippen LogP contribution in [0.4, 0.5) is 4.39 Å². The van der Waals surface area contributed by atoms with E-state index < -0.39 is 0 Å². The molecule has 2 aliphatic carbocycles. The third kappa shape index (κ3) is 4.27. The highest BCUT2D eigenvalue weighted by Crippen LogP contribution is 2.39. The van der Waals surface area contributed by atoms with E-state index in [2.05, 4.69) is 4.90 Å². The van der Waals surface area contributed by atoms with Gasteiger partial charge in [-0.1, -0.05) is 43.2 Å². The molecular formula is C26H28FN3O2. The number of benzene rings is 2. The van der Waals surface area contributed by atoms with Gasteiger partial charge in [-0.3, -0.25) is 4.79 Å². The number of ether oxygens (including phenoxy) is 1. The summed E-state index contributed by atoms with van der Waals surface area (Å²) in [6.45, 7) is 0.467. The van der Waals surface area contributed by atoms with Gasteiger partial charge in [0.15, 0.2) is 0 Å². The molecule has 0 spiro atoms. The van der Waals surface area contributed by atoms with Crippen LogP contribution in [0.25, 0.3) is 11.3 Å². The molecule has 0 saturated heterocycles. The van der Waals surface area contributed by atoms with Gasteiger partial charge >= 0.3 is 0 Å². The van der Waals surface area contributed by atoms with Gasteiger partial charge in [0, 0.05) is 24.6 Å². The SMILES string of the molecule is Cn1nc(-c2ccccc2)c(CN(C(=O)C2CCCC2)C2CC2)c1Oc1ccc(F)cc1. The molecule has 0 aliphatic heterocycles. The number of carbonyl (C=O) groups excluding carboxylic acids is 1. The van der Waals surface area contributed by atoms with Crippen LogP contribution in [0.2, 0.25) is 0 Å². The minimum Gasteiger partial charge on any atom is -0.439 e. The molecule has 0 radical (unpaired) electrons. The van der Waals surface area contributed by atoms with E-state index in [0.717, 1.165) is 55.3 Å². The van der Waals surface area contributed by atoms with E-state index in [4.69, 9.17) is 9.84 Å². The van der Waals surface area contributed by atoms with Crippen molar-refractivity contribution in [1.29, 1.82) is 0 Å². The Labute approximate surface area is 187 Å². The number of amides is 1. The number of nitrogens with zero attached hydrogens (tertiary/aromatic N) is 3. The molecule has 0 unspecified atom stereocenters. The molecule has 0 atom stereocenters. The number of aromatic nitrogens is 2. The predicted molar refractivity (Wildman–Crippen MR) is 121 cm³/mol. The number of halogens is 1. The summed E-state index contributed by atoms with van der Waals surface area (Å²) < 4.78 is 21.3. The van der Waals surface area contributed by atoms with Crippen molar-refractivity contribution in [3.05, 3.63) is 66.0 Å². The Kier molecular flexibility index (Phi) is 5.68. The molecule has 166 valence electrons. The highest BCUT2D eigenvalue weighted by molar-refractivity contribution is 5.80. The van der Waals surface area contributed by atoms with E-state index in [-0.39, 0.29) is 17.6 Å². The van der Waals surface area contributed by atoms with E-state index in [1.54, 1.807) is 16.8 Å². The molecule has 1 aromatic heterocycles. The van der Waals surface area contributed by atoms with Gasteiger partial charge in [0.25, 0.3) is 0 Å². The summed E-state index contributed by atoms with van der Waals surface area (Å²) in [5, 5.41) is 4.76. The molecule has 5 nitrogen and oxygen atoms in total. The lowest BCUT2D eigenvalue weighted by Crippen LogP contribution is -2.36. The lowest BCUT2D eigenvalue weighted by Gasteiger charge is -2.26. The summed E-state index contributed by atoms with van der Waals surface area (Å²) in [6, 6.07) is 16.3. The molecule has 0 N–H and O–H groups in total. The van der Waals surface area contributed by atoms with E-state index in [0.29, 0.717) is 24.2 Å². The summed E-state index contributed by atoms with van der Waals surface area (Å²) in [6.07, 6.45) is 6.34. The molecule has 1 heterocycles. The van der Waals surface area contributed by atoms with Crippen molar-refractivity contribution in [3.8, 4) is 22.9 Å². The van der Waals surface area contributed by atoms with Crippen molar-refractivity contribution in [2.24, 2.45) is 13.0 Å². The molecule has 2 aliphatic rings. The third-order valence-corrected chi connectivity index (χ3v) is 6.47. The van der Waals surface area contributed by atoms with Crippen LogP contribution in [-0.4, -0.2) is 26.6 Å². The lowest BCUT2D eigenvalue weighted by molar-refractivity contribution is -0.136. The average Bonchev–Trinajstić information content (AvgIpc) is 3.40. The monoisotopic (exact) mass is 433 g/mol. The molecule has 3 aromatic rings. The summed E-state index contributed by atoms with van der Waals surface area (Å²) in [7, 11) is 1.84. The maximum atomic E-state index is 13.4. The van der Waals surface area contributed by atoms with Gasteiger partial charge < -0.3 is 9.64 Å². The highest BCUT2D eigenvalue weighted by Gasteiger charge is 2.38. The van der Waals surface area contributed by atoms with Gasteiger partial charge in [0.2, 0.25) is 11.8 Å². The van der Waals surface area contributed by atoms with Crippen molar-refractivity contribution in [2.45, 2.75) is 51.1 Å². The quantitative estimate of drug-likeness (QED) is 0.480. The van der Waals surface area contributed by atoms with Crippen LogP contribution in [-0.2, 0) is 18.4 Å². The molecule has 32 heavy (non-hydrogen) atoms. The van der Waals surface area contributed by atoms with E-state index in [9.17, 15) is 9.18 Å². The van der Waals surface area contributed by atoms with Crippen molar-refractivity contribution < 1.29 is 13.9 Å². The minimum atomic E-state index is -0.311. The van der Waals surface area contributed by atoms with E-state index in [1.807, 2.05) is 37.4 Å². The van der Waals surface area contributed by atoms with Crippen LogP contribution in [0, 0.1) is 11.7 Å². The Morgan fingerprint density at radius 3 is 2.41 bits per heavy atom. The van der Waals surface area contributed by atoms with Crippen molar-refractivity contribution >= 4 is 5.91 Å². The third-order valence-electron chi connectivity index (χ3n) is 6.47. The van der Waals surface area contributed by atoms with Crippen LogP contribution in [0.1, 0.15) is 44.1 Å². The van der Waals surface area contributed by atoms with Crippen LogP contribution in [0.3, 0.4) is 0 Å². The number of hydrogen-bond donors (Lipinski definition) is 0. The first-order valence-electron chi connectivity index (χ1n) is 11.5. The predicted octanol–water partition coefficient (Wildman–Crippen LogP) is 5.70. The van der Waals surface area contributed by atoms with Crippen molar-refractivity contribution in [3.63, 3.8) is 0 Å². The lowest BCUT2D eigenvalue weighted by atomic mass is 10.0. The Hall–Kier alpha value is -3.15. The fourth-order valence-electron chi connectivity index (χ4n) is 4.62. The Balaban J connectivity index is 1.53. The maximum Gasteiger partial charge on any atom is 0.226 e. The first kappa shape index (κ1) is 20.7. The second-order valence-electron chi connectivity index (χ2n) is 8.86. The number of aryl methyl sites for hydroxylation is 1. The van der Waals surface area contributed by atoms with Gasteiger partial charge in [-0.15, -0.1) is 0 Å². The van der Waals surface area contributed by atoms with Crippen molar-refractivity contribution in [1.82, 2.24) is 14.7 Å². The molecule has 2 fully saturated rings. The zero-order valence-electron chi connectivity index (χ0n) is 18.3.